The van der Waals surface area contributed by atoms with Gasteiger partial charge in [-0.15, -0.1) is 0 Å². The molecule has 0 saturated heterocycles. The smallest absolute Gasteiger partial charge is 0.262 e. The lowest BCUT2D eigenvalue weighted by Crippen LogP contribution is -2.25. The number of fused-ring (bicyclic) bond motifs is 1. The Kier molecular flexibility index (Phi) is 4.39. The highest BCUT2D eigenvalue weighted by Crippen LogP contribution is 2.30. The zero-order chi connectivity index (χ0) is 17.3. The number of nitrogens with zero attached hydrogens (tertiary/aromatic N) is 1. The average Bonchev–Trinajstić information content (AvgIpc) is 2.52. The van der Waals surface area contributed by atoms with Gasteiger partial charge in [0.15, 0.2) is 17.5 Å². The van der Waals surface area contributed by atoms with Crippen molar-refractivity contribution in [2.45, 2.75) is 24.3 Å². The summed E-state index contributed by atoms with van der Waals surface area (Å²) in [5.74, 6) is 0.152. The third kappa shape index (κ3) is 3.48. The molecule has 8 heteroatoms. The summed E-state index contributed by atoms with van der Waals surface area (Å²) < 4.78 is 5.27. The topological polar surface area (TPSA) is 101 Å². The Balaban J connectivity index is 1.79. The van der Waals surface area contributed by atoms with Crippen molar-refractivity contribution in [3.63, 3.8) is 0 Å². The van der Waals surface area contributed by atoms with Crippen LogP contribution in [0.1, 0.15) is 23.0 Å². The number of ether oxygens (including phenoxy) is 1. The lowest BCUT2D eigenvalue weighted by molar-refractivity contribution is -0.118. The first-order valence-corrected chi connectivity index (χ1v) is 8.16. The molecule has 1 aliphatic rings. The predicted octanol–water partition coefficient (Wildman–Crippen LogP) is 1.77. The molecule has 1 aliphatic heterocycles. The van der Waals surface area contributed by atoms with Crippen molar-refractivity contribution in [1.82, 2.24) is 9.97 Å². The molecular weight excluding hydrogens is 330 g/mol. The van der Waals surface area contributed by atoms with Gasteiger partial charge in [-0.25, -0.2) is 4.98 Å². The van der Waals surface area contributed by atoms with E-state index < -0.39 is 5.25 Å². The van der Waals surface area contributed by atoms with E-state index in [2.05, 4.69) is 15.3 Å². The van der Waals surface area contributed by atoms with E-state index in [0.29, 0.717) is 27.9 Å². The lowest BCUT2D eigenvalue weighted by atomic mass is 10.1. The van der Waals surface area contributed by atoms with Gasteiger partial charge in [-0.2, -0.15) is 0 Å². The van der Waals surface area contributed by atoms with Crippen LogP contribution in [0.2, 0.25) is 0 Å². The van der Waals surface area contributed by atoms with E-state index >= 15 is 0 Å². The lowest BCUT2D eigenvalue weighted by Gasteiger charge is -2.19. The Bertz CT molecular complexity index is 878. The van der Waals surface area contributed by atoms with Crippen LogP contribution in [-0.4, -0.2) is 33.5 Å². The van der Waals surface area contributed by atoms with E-state index in [1.807, 2.05) is 0 Å². The van der Waals surface area contributed by atoms with Crippen molar-refractivity contribution in [1.29, 1.82) is 0 Å². The molecule has 0 spiro atoms. The van der Waals surface area contributed by atoms with Crippen molar-refractivity contribution in [2.75, 3.05) is 11.9 Å². The molecule has 124 valence electrons. The number of amides is 1. The SMILES string of the molecule is Cc1cc(=O)[nH]c(SC(C)C(=O)c2ccc3c(c2)NC(=O)CO3)n1. The molecule has 0 bridgehead atoms. The molecular formula is C16H15N3O4S. The van der Waals surface area contributed by atoms with Crippen LogP contribution in [0.4, 0.5) is 5.69 Å². The van der Waals surface area contributed by atoms with Crippen LogP contribution < -0.4 is 15.6 Å². The van der Waals surface area contributed by atoms with Gasteiger partial charge < -0.3 is 15.0 Å². The summed E-state index contributed by atoms with van der Waals surface area (Å²) in [4.78, 5) is 42.3. The molecule has 24 heavy (non-hydrogen) atoms. The van der Waals surface area contributed by atoms with E-state index in [1.54, 1.807) is 32.0 Å². The number of carbonyl (C=O) groups excluding carboxylic acids is 2. The minimum atomic E-state index is -0.451. The monoisotopic (exact) mass is 345 g/mol. The molecule has 1 aromatic heterocycles. The first-order valence-electron chi connectivity index (χ1n) is 7.28. The molecule has 0 saturated carbocycles. The van der Waals surface area contributed by atoms with Gasteiger partial charge in [-0.3, -0.25) is 14.4 Å². The number of aryl methyl sites for hydroxylation is 1. The maximum absolute atomic E-state index is 12.6. The highest BCUT2D eigenvalue weighted by atomic mass is 32.2. The summed E-state index contributed by atoms with van der Waals surface area (Å²) in [5, 5.41) is 2.62. The number of rotatable bonds is 4. The van der Waals surface area contributed by atoms with E-state index in [9.17, 15) is 14.4 Å². The minimum absolute atomic E-state index is 0.0288. The fourth-order valence-corrected chi connectivity index (χ4v) is 3.23. The fourth-order valence-electron chi connectivity index (χ4n) is 2.30. The highest BCUT2D eigenvalue weighted by molar-refractivity contribution is 8.00. The third-order valence-electron chi connectivity index (χ3n) is 3.40. The molecule has 1 unspecified atom stereocenters. The summed E-state index contributed by atoms with van der Waals surface area (Å²) in [5.41, 5.74) is 1.28. The molecule has 0 fully saturated rings. The number of Topliss-reactive ketones (excluding diaryl/α,β-unsaturated/α-hetero) is 1. The van der Waals surface area contributed by atoms with Gasteiger partial charge in [0.25, 0.3) is 11.5 Å². The van der Waals surface area contributed by atoms with E-state index in [0.717, 1.165) is 0 Å². The summed E-state index contributed by atoms with van der Waals surface area (Å²) in [7, 11) is 0. The van der Waals surface area contributed by atoms with Gasteiger partial charge in [0.2, 0.25) is 0 Å². The average molecular weight is 345 g/mol. The maximum atomic E-state index is 12.6. The standard InChI is InChI=1S/C16H15N3O4S/c1-8-5-13(20)19-16(17-8)24-9(2)15(22)10-3-4-12-11(6-10)18-14(21)7-23-12/h3-6,9H,7H2,1-2H3,(H,18,21)(H,17,19,20). The van der Waals surface area contributed by atoms with Crippen molar-refractivity contribution in [3.8, 4) is 5.75 Å². The zero-order valence-electron chi connectivity index (χ0n) is 13.1. The molecule has 7 nitrogen and oxygen atoms in total. The number of hydrogen-bond acceptors (Lipinski definition) is 6. The molecule has 0 aliphatic carbocycles. The van der Waals surface area contributed by atoms with Gasteiger partial charge in [-0.1, -0.05) is 11.8 Å². The van der Waals surface area contributed by atoms with Gasteiger partial charge >= 0.3 is 0 Å². The number of H-pyrrole nitrogens is 1. The molecule has 1 atom stereocenters. The predicted molar refractivity (Wildman–Crippen MR) is 89.8 cm³/mol. The summed E-state index contributed by atoms with van der Waals surface area (Å²) >= 11 is 1.18. The number of benzene rings is 1. The number of anilines is 1. The van der Waals surface area contributed by atoms with Gasteiger partial charge in [-0.05, 0) is 32.0 Å². The van der Waals surface area contributed by atoms with Crippen LogP contribution >= 0.6 is 11.8 Å². The molecule has 2 N–H and O–H groups in total. The van der Waals surface area contributed by atoms with Crippen molar-refractivity contribution < 1.29 is 14.3 Å². The molecule has 1 aromatic carbocycles. The van der Waals surface area contributed by atoms with Crippen molar-refractivity contribution >= 4 is 29.1 Å². The van der Waals surface area contributed by atoms with Crippen LogP contribution in [0.15, 0.2) is 34.2 Å². The van der Waals surface area contributed by atoms with E-state index in [-0.39, 0.29) is 23.9 Å². The van der Waals surface area contributed by atoms with Crippen LogP contribution in [0.3, 0.4) is 0 Å². The van der Waals surface area contributed by atoms with Crippen LogP contribution in [0.5, 0.6) is 5.75 Å². The highest BCUT2D eigenvalue weighted by Gasteiger charge is 2.21. The number of aromatic nitrogens is 2. The number of thioether (sulfide) groups is 1. The Morgan fingerprint density at radius 3 is 2.88 bits per heavy atom. The second kappa shape index (κ2) is 6.48. The second-order valence-corrected chi connectivity index (χ2v) is 6.69. The first kappa shape index (κ1) is 16.3. The normalized spacial score (nSPS) is 14.3. The molecule has 0 radical (unpaired) electrons. The van der Waals surface area contributed by atoms with Crippen LogP contribution in [0.25, 0.3) is 0 Å². The molecule has 2 heterocycles. The number of ketones is 1. The zero-order valence-corrected chi connectivity index (χ0v) is 13.9. The third-order valence-corrected chi connectivity index (χ3v) is 4.39. The maximum Gasteiger partial charge on any atom is 0.262 e. The molecule has 1 amide bonds. The fraction of sp³-hybridized carbons (Fsp3) is 0.250. The Hall–Kier alpha value is -2.61. The van der Waals surface area contributed by atoms with E-state index in [1.165, 1.54) is 17.8 Å². The molecule has 2 aromatic rings. The summed E-state index contributed by atoms with van der Waals surface area (Å²) in [6.07, 6.45) is 0. The molecule has 3 rings (SSSR count). The van der Waals surface area contributed by atoms with Gasteiger partial charge in [0.1, 0.15) is 5.75 Å². The summed E-state index contributed by atoms with van der Waals surface area (Å²) in [6, 6.07) is 6.30. The summed E-state index contributed by atoms with van der Waals surface area (Å²) in [6.45, 7) is 3.43. The number of hydrogen-bond donors (Lipinski definition) is 2. The number of aromatic amines is 1. The minimum Gasteiger partial charge on any atom is -0.482 e. The number of nitrogens with one attached hydrogen (secondary N) is 2. The quantitative estimate of drug-likeness (QED) is 0.497. The van der Waals surface area contributed by atoms with E-state index in [4.69, 9.17) is 4.74 Å². The Morgan fingerprint density at radius 2 is 2.12 bits per heavy atom. The van der Waals surface area contributed by atoms with Crippen molar-refractivity contribution in [3.05, 3.63) is 45.9 Å². The van der Waals surface area contributed by atoms with Crippen molar-refractivity contribution in [2.24, 2.45) is 0 Å². The second-order valence-electron chi connectivity index (χ2n) is 5.36. The Labute approximate surface area is 141 Å². The van der Waals surface area contributed by atoms with Crippen LogP contribution in [0, 0.1) is 6.92 Å². The largest absolute Gasteiger partial charge is 0.482 e. The van der Waals surface area contributed by atoms with Crippen LogP contribution in [-0.2, 0) is 4.79 Å². The number of carbonyl (C=O) groups is 2. The van der Waals surface area contributed by atoms with Gasteiger partial charge in [0, 0.05) is 17.3 Å². The first-order chi connectivity index (χ1) is 11.4. The Morgan fingerprint density at radius 1 is 1.33 bits per heavy atom. The van der Waals surface area contributed by atoms with Gasteiger partial charge in [0.05, 0.1) is 10.9 Å².